The van der Waals surface area contributed by atoms with Crippen molar-refractivity contribution in [1.29, 1.82) is 0 Å². The van der Waals surface area contributed by atoms with Gasteiger partial charge in [-0.2, -0.15) is 0 Å². The van der Waals surface area contributed by atoms with E-state index in [1.807, 2.05) is 0 Å². The highest BCUT2D eigenvalue weighted by Crippen LogP contribution is 2.16. The lowest BCUT2D eigenvalue weighted by atomic mass is 10.3. The van der Waals surface area contributed by atoms with E-state index in [-0.39, 0.29) is 23.7 Å². The van der Waals surface area contributed by atoms with Crippen LogP contribution in [-0.2, 0) is 4.79 Å². The molecule has 0 spiro atoms. The molecule has 16 heavy (non-hydrogen) atoms. The summed E-state index contributed by atoms with van der Waals surface area (Å²) in [7, 11) is 0. The maximum Gasteiger partial charge on any atom is 0.269 e. The number of rotatable bonds is 5. The third kappa shape index (κ3) is 3.85. The Morgan fingerprint density at radius 1 is 1.44 bits per heavy atom. The summed E-state index contributed by atoms with van der Waals surface area (Å²) in [5, 5.41) is 13.0. The summed E-state index contributed by atoms with van der Waals surface area (Å²) in [5.41, 5.74) is -0.00292. The van der Waals surface area contributed by atoms with E-state index in [0.717, 1.165) is 0 Å². The molecular formula is C9H9BrN2O4. The minimum atomic E-state index is -0.490. The monoisotopic (exact) mass is 288 g/mol. The number of nitrogens with zero attached hydrogens (tertiary/aromatic N) is 1. The van der Waals surface area contributed by atoms with Crippen molar-refractivity contribution in [1.82, 2.24) is 5.32 Å². The van der Waals surface area contributed by atoms with E-state index in [1.165, 1.54) is 24.3 Å². The molecule has 0 atom stereocenters. The van der Waals surface area contributed by atoms with Gasteiger partial charge in [-0.1, -0.05) is 15.9 Å². The first kappa shape index (κ1) is 12.4. The van der Waals surface area contributed by atoms with Crippen molar-refractivity contribution in [3.63, 3.8) is 0 Å². The highest BCUT2D eigenvalue weighted by atomic mass is 79.9. The number of ether oxygens (including phenoxy) is 1. The largest absolute Gasteiger partial charge is 0.473 e. The van der Waals surface area contributed by atoms with Crippen LogP contribution in [0, 0.1) is 10.1 Å². The summed E-state index contributed by atoms with van der Waals surface area (Å²) < 4.78 is 5.14. The van der Waals surface area contributed by atoms with Crippen LogP contribution in [0.3, 0.4) is 0 Å². The fourth-order valence-electron chi connectivity index (χ4n) is 0.911. The lowest BCUT2D eigenvalue weighted by Gasteiger charge is -2.06. The van der Waals surface area contributed by atoms with Gasteiger partial charge in [-0.25, -0.2) is 0 Å². The van der Waals surface area contributed by atoms with Crippen molar-refractivity contribution in [2.24, 2.45) is 0 Å². The molecule has 0 aliphatic rings. The molecule has 0 unspecified atom stereocenters. The molecule has 1 amide bonds. The van der Waals surface area contributed by atoms with Crippen LogP contribution in [0.4, 0.5) is 5.69 Å². The van der Waals surface area contributed by atoms with Gasteiger partial charge in [0.15, 0.2) is 6.73 Å². The molecule has 86 valence electrons. The van der Waals surface area contributed by atoms with E-state index in [4.69, 9.17) is 4.74 Å². The molecular weight excluding hydrogens is 280 g/mol. The summed E-state index contributed by atoms with van der Waals surface area (Å²) >= 11 is 2.98. The van der Waals surface area contributed by atoms with Gasteiger partial charge >= 0.3 is 0 Å². The predicted molar refractivity (Wildman–Crippen MR) is 60.5 cm³/mol. The van der Waals surface area contributed by atoms with Gasteiger partial charge in [0.1, 0.15) is 5.75 Å². The molecule has 1 N–H and O–H groups in total. The molecule has 0 aromatic heterocycles. The Bertz CT molecular complexity index is 380. The van der Waals surface area contributed by atoms with Crippen molar-refractivity contribution < 1.29 is 14.5 Å². The quantitative estimate of drug-likeness (QED) is 0.385. The summed E-state index contributed by atoms with van der Waals surface area (Å²) in [6.07, 6.45) is 0. The van der Waals surface area contributed by atoms with Crippen LogP contribution in [0.1, 0.15) is 0 Å². The number of non-ortho nitro benzene ring substituents is 1. The lowest BCUT2D eigenvalue weighted by molar-refractivity contribution is -0.384. The first-order valence-electron chi connectivity index (χ1n) is 4.33. The van der Waals surface area contributed by atoms with Gasteiger partial charge in [0.25, 0.3) is 5.69 Å². The maximum absolute atomic E-state index is 10.8. The molecule has 7 heteroatoms. The maximum atomic E-state index is 10.8. The Balaban J connectivity index is 2.43. The number of benzene rings is 1. The third-order valence-corrected chi connectivity index (χ3v) is 2.19. The van der Waals surface area contributed by atoms with Gasteiger partial charge in [-0.05, 0) is 12.1 Å². The van der Waals surface area contributed by atoms with Gasteiger partial charge in [-0.3, -0.25) is 14.9 Å². The van der Waals surface area contributed by atoms with Gasteiger partial charge < -0.3 is 10.1 Å². The van der Waals surface area contributed by atoms with Crippen molar-refractivity contribution in [3.8, 4) is 5.75 Å². The van der Waals surface area contributed by atoms with Crippen LogP contribution in [0.2, 0.25) is 0 Å². The number of hydrogen-bond donors (Lipinski definition) is 1. The Morgan fingerprint density at radius 3 is 2.56 bits per heavy atom. The minimum Gasteiger partial charge on any atom is -0.473 e. The number of nitro groups is 1. The summed E-state index contributed by atoms with van der Waals surface area (Å²) in [6, 6.07) is 5.61. The lowest BCUT2D eigenvalue weighted by Crippen LogP contribution is -2.28. The molecule has 0 saturated heterocycles. The topological polar surface area (TPSA) is 81.5 Å². The SMILES string of the molecule is O=C(CBr)NCOc1ccc([N+](=O)[O-])cc1. The summed E-state index contributed by atoms with van der Waals surface area (Å²) in [5.74, 6) is 0.266. The van der Waals surface area contributed by atoms with Crippen molar-refractivity contribution in [3.05, 3.63) is 34.4 Å². The molecule has 1 rings (SSSR count). The van der Waals surface area contributed by atoms with Crippen LogP contribution in [-0.4, -0.2) is 22.9 Å². The molecule has 0 aliphatic carbocycles. The number of carbonyl (C=O) groups is 1. The van der Waals surface area contributed by atoms with Gasteiger partial charge in [-0.15, -0.1) is 0 Å². The average Bonchev–Trinajstić information content (AvgIpc) is 2.29. The number of halogens is 1. The van der Waals surface area contributed by atoms with Crippen molar-refractivity contribution in [2.45, 2.75) is 0 Å². The van der Waals surface area contributed by atoms with Gasteiger partial charge in [0.2, 0.25) is 5.91 Å². The Hall–Kier alpha value is -1.63. The number of nitro benzene ring substituents is 1. The molecule has 0 heterocycles. The van der Waals surface area contributed by atoms with Crippen LogP contribution in [0.15, 0.2) is 24.3 Å². The third-order valence-electron chi connectivity index (χ3n) is 1.68. The first-order chi connectivity index (χ1) is 7.63. The standard InChI is InChI=1S/C9H9BrN2O4/c10-5-9(13)11-6-16-8-3-1-7(2-4-8)12(14)15/h1-4H,5-6H2,(H,11,13). The normalized spacial score (nSPS) is 9.56. The number of hydrogen-bond acceptors (Lipinski definition) is 4. The Kier molecular flexibility index (Phi) is 4.71. The second-order valence-electron chi connectivity index (χ2n) is 2.77. The van der Waals surface area contributed by atoms with E-state index in [9.17, 15) is 14.9 Å². The second kappa shape index (κ2) is 6.06. The zero-order valence-corrected chi connectivity index (χ0v) is 9.77. The van der Waals surface area contributed by atoms with Crippen LogP contribution in [0.25, 0.3) is 0 Å². The second-order valence-corrected chi connectivity index (χ2v) is 3.33. The van der Waals surface area contributed by atoms with Crippen LogP contribution >= 0.6 is 15.9 Å². The van der Waals surface area contributed by atoms with Crippen molar-refractivity contribution in [2.75, 3.05) is 12.1 Å². The molecule has 1 aromatic carbocycles. The minimum absolute atomic E-state index is 0.00292. The van der Waals surface area contributed by atoms with Crippen LogP contribution < -0.4 is 10.1 Å². The summed E-state index contributed by atoms with van der Waals surface area (Å²) in [4.78, 5) is 20.7. The van der Waals surface area contributed by atoms with E-state index in [1.54, 1.807) is 0 Å². The number of amides is 1. The fraction of sp³-hybridized carbons (Fsp3) is 0.222. The molecule has 0 saturated carbocycles. The molecule has 0 aliphatic heterocycles. The predicted octanol–water partition coefficient (Wildman–Crippen LogP) is 1.44. The van der Waals surface area contributed by atoms with Gasteiger partial charge in [0, 0.05) is 12.1 Å². The van der Waals surface area contributed by atoms with E-state index >= 15 is 0 Å². The van der Waals surface area contributed by atoms with E-state index < -0.39 is 4.92 Å². The Labute approximate surface area is 99.9 Å². The highest BCUT2D eigenvalue weighted by Gasteiger charge is 2.04. The zero-order chi connectivity index (χ0) is 12.0. The number of nitrogens with one attached hydrogen (secondary N) is 1. The molecule has 6 nitrogen and oxygen atoms in total. The number of carbonyl (C=O) groups excluding carboxylic acids is 1. The first-order valence-corrected chi connectivity index (χ1v) is 5.45. The number of alkyl halides is 1. The smallest absolute Gasteiger partial charge is 0.269 e. The highest BCUT2D eigenvalue weighted by molar-refractivity contribution is 9.09. The molecule has 0 bridgehead atoms. The molecule has 0 fully saturated rings. The zero-order valence-electron chi connectivity index (χ0n) is 8.18. The molecule has 0 radical (unpaired) electrons. The van der Waals surface area contributed by atoms with E-state index in [2.05, 4.69) is 21.2 Å². The average molecular weight is 289 g/mol. The molecule has 1 aromatic rings. The fourth-order valence-corrected chi connectivity index (χ4v) is 1.11. The summed E-state index contributed by atoms with van der Waals surface area (Å²) in [6.45, 7) is 0.0300. The van der Waals surface area contributed by atoms with Crippen LogP contribution in [0.5, 0.6) is 5.75 Å². The Morgan fingerprint density at radius 2 is 2.06 bits per heavy atom. The van der Waals surface area contributed by atoms with E-state index in [0.29, 0.717) is 5.75 Å². The van der Waals surface area contributed by atoms with Crippen molar-refractivity contribution >= 4 is 27.5 Å². The van der Waals surface area contributed by atoms with Gasteiger partial charge in [0.05, 0.1) is 10.3 Å².